The van der Waals surface area contributed by atoms with Crippen LogP contribution in [0.15, 0.2) is 24.3 Å². The molecule has 0 saturated heterocycles. The van der Waals surface area contributed by atoms with E-state index in [0.717, 1.165) is 30.4 Å². The van der Waals surface area contributed by atoms with E-state index in [1.54, 1.807) is 4.90 Å². The minimum absolute atomic E-state index is 0.0278. The van der Waals surface area contributed by atoms with Crippen LogP contribution in [0.2, 0.25) is 0 Å². The van der Waals surface area contributed by atoms with Gasteiger partial charge in [-0.25, -0.2) is 4.98 Å². The standard InChI is InChI=1S/C18H26N4O2/c1-4-6-11-21(3)18(24)13-22-15-10-8-7-9-14(15)20-16(22)12-19-17(23)5-2/h7-10H,4-6,11-13H2,1-3H3,(H,19,23). The van der Waals surface area contributed by atoms with Gasteiger partial charge in [-0.3, -0.25) is 9.59 Å². The van der Waals surface area contributed by atoms with E-state index in [0.29, 0.717) is 18.8 Å². The Labute approximate surface area is 142 Å². The highest BCUT2D eigenvalue weighted by atomic mass is 16.2. The van der Waals surface area contributed by atoms with E-state index in [1.165, 1.54) is 0 Å². The topological polar surface area (TPSA) is 67.2 Å². The molecule has 0 aliphatic carbocycles. The lowest BCUT2D eigenvalue weighted by Crippen LogP contribution is -2.32. The summed E-state index contributed by atoms with van der Waals surface area (Å²) in [6.45, 7) is 5.23. The number of carbonyl (C=O) groups is 2. The molecule has 0 fully saturated rings. The molecule has 2 aromatic rings. The maximum absolute atomic E-state index is 12.5. The number of rotatable bonds is 8. The Morgan fingerprint density at radius 2 is 2.00 bits per heavy atom. The first kappa shape index (κ1) is 18.0. The first-order valence-corrected chi connectivity index (χ1v) is 8.51. The lowest BCUT2D eigenvalue weighted by Gasteiger charge is -2.18. The Hall–Kier alpha value is -2.37. The molecule has 1 aromatic heterocycles. The van der Waals surface area contributed by atoms with Crippen LogP contribution in [0, 0.1) is 0 Å². The summed E-state index contributed by atoms with van der Waals surface area (Å²) in [5.74, 6) is 0.727. The Bertz CT molecular complexity index is 708. The minimum Gasteiger partial charge on any atom is -0.349 e. The number of nitrogens with one attached hydrogen (secondary N) is 1. The number of para-hydroxylation sites is 2. The number of hydrogen-bond acceptors (Lipinski definition) is 3. The van der Waals surface area contributed by atoms with Gasteiger partial charge in [0.15, 0.2) is 0 Å². The van der Waals surface area contributed by atoms with Gasteiger partial charge in [-0.05, 0) is 18.6 Å². The van der Waals surface area contributed by atoms with Gasteiger partial charge < -0.3 is 14.8 Å². The van der Waals surface area contributed by atoms with E-state index in [9.17, 15) is 9.59 Å². The van der Waals surface area contributed by atoms with Crippen molar-refractivity contribution < 1.29 is 9.59 Å². The summed E-state index contributed by atoms with van der Waals surface area (Å²) in [4.78, 5) is 30.4. The van der Waals surface area contributed by atoms with Crippen molar-refractivity contribution in [3.05, 3.63) is 30.1 Å². The molecule has 6 heteroatoms. The Kier molecular flexibility index (Phi) is 6.35. The molecule has 0 atom stereocenters. The van der Waals surface area contributed by atoms with Crippen molar-refractivity contribution in [3.8, 4) is 0 Å². The summed E-state index contributed by atoms with van der Waals surface area (Å²) < 4.78 is 1.90. The van der Waals surface area contributed by atoms with Crippen LogP contribution < -0.4 is 5.32 Å². The highest BCUT2D eigenvalue weighted by Crippen LogP contribution is 2.16. The normalized spacial score (nSPS) is 10.8. The van der Waals surface area contributed by atoms with E-state index >= 15 is 0 Å². The van der Waals surface area contributed by atoms with Crippen LogP contribution in [0.25, 0.3) is 11.0 Å². The molecule has 24 heavy (non-hydrogen) atoms. The molecule has 0 spiro atoms. The summed E-state index contributed by atoms with van der Waals surface area (Å²) in [6.07, 6.45) is 2.48. The number of benzene rings is 1. The first-order valence-electron chi connectivity index (χ1n) is 8.51. The monoisotopic (exact) mass is 330 g/mol. The molecule has 2 amide bonds. The molecular weight excluding hydrogens is 304 g/mol. The van der Waals surface area contributed by atoms with Gasteiger partial charge in [0.1, 0.15) is 12.4 Å². The van der Waals surface area contributed by atoms with Crippen LogP contribution >= 0.6 is 0 Å². The van der Waals surface area contributed by atoms with E-state index < -0.39 is 0 Å². The van der Waals surface area contributed by atoms with Crippen LogP contribution in [-0.4, -0.2) is 39.9 Å². The molecule has 0 bridgehead atoms. The zero-order chi connectivity index (χ0) is 17.5. The van der Waals surface area contributed by atoms with Crippen LogP contribution in [0.4, 0.5) is 0 Å². The lowest BCUT2D eigenvalue weighted by atomic mass is 10.3. The van der Waals surface area contributed by atoms with Gasteiger partial charge >= 0.3 is 0 Å². The van der Waals surface area contributed by atoms with E-state index in [1.807, 2.05) is 42.8 Å². The van der Waals surface area contributed by atoms with Crippen molar-refractivity contribution in [1.29, 1.82) is 0 Å². The molecule has 2 rings (SSSR count). The summed E-state index contributed by atoms with van der Waals surface area (Å²) in [6, 6.07) is 7.72. The third-order valence-corrected chi connectivity index (χ3v) is 4.06. The summed E-state index contributed by atoms with van der Waals surface area (Å²) in [7, 11) is 1.83. The van der Waals surface area contributed by atoms with E-state index in [2.05, 4.69) is 17.2 Å². The van der Waals surface area contributed by atoms with Crippen molar-refractivity contribution in [3.63, 3.8) is 0 Å². The maximum Gasteiger partial charge on any atom is 0.242 e. The Morgan fingerprint density at radius 1 is 1.25 bits per heavy atom. The fraction of sp³-hybridized carbons (Fsp3) is 0.500. The van der Waals surface area contributed by atoms with Crippen molar-refractivity contribution in [2.24, 2.45) is 0 Å². The van der Waals surface area contributed by atoms with Gasteiger partial charge in [0.2, 0.25) is 11.8 Å². The van der Waals surface area contributed by atoms with Crippen molar-refractivity contribution in [2.45, 2.75) is 46.2 Å². The van der Waals surface area contributed by atoms with Gasteiger partial charge in [0, 0.05) is 20.0 Å². The number of carbonyl (C=O) groups excluding carboxylic acids is 2. The number of fused-ring (bicyclic) bond motifs is 1. The number of likely N-dealkylation sites (N-methyl/N-ethyl adjacent to an activating group) is 1. The predicted molar refractivity (Wildman–Crippen MR) is 94.4 cm³/mol. The molecule has 6 nitrogen and oxygen atoms in total. The van der Waals surface area contributed by atoms with Gasteiger partial charge in [-0.1, -0.05) is 32.4 Å². The molecule has 0 unspecified atom stereocenters. The van der Waals surface area contributed by atoms with Crippen molar-refractivity contribution in [1.82, 2.24) is 19.8 Å². The third kappa shape index (κ3) is 4.34. The molecule has 1 aromatic carbocycles. The minimum atomic E-state index is -0.0278. The van der Waals surface area contributed by atoms with Gasteiger partial charge in [0.25, 0.3) is 0 Å². The molecule has 0 radical (unpaired) electrons. The molecule has 0 saturated carbocycles. The Morgan fingerprint density at radius 3 is 2.71 bits per heavy atom. The number of imidazole rings is 1. The van der Waals surface area contributed by atoms with Crippen LogP contribution in [0.5, 0.6) is 0 Å². The fourth-order valence-corrected chi connectivity index (χ4v) is 2.52. The smallest absolute Gasteiger partial charge is 0.242 e. The average molecular weight is 330 g/mol. The SMILES string of the molecule is CCCCN(C)C(=O)Cn1c(CNC(=O)CC)nc2ccccc21. The maximum atomic E-state index is 12.5. The molecule has 1 heterocycles. The average Bonchev–Trinajstić information content (AvgIpc) is 2.95. The Balaban J connectivity index is 2.22. The summed E-state index contributed by atoms with van der Waals surface area (Å²) in [5.41, 5.74) is 1.75. The van der Waals surface area contributed by atoms with Crippen molar-refractivity contribution in [2.75, 3.05) is 13.6 Å². The van der Waals surface area contributed by atoms with Gasteiger partial charge in [0.05, 0.1) is 17.6 Å². The summed E-state index contributed by atoms with van der Waals surface area (Å²) >= 11 is 0. The quantitative estimate of drug-likeness (QED) is 0.808. The van der Waals surface area contributed by atoms with Crippen LogP contribution in [0.1, 0.15) is 38.9 Å². The zero-order valence-electron chi connectivity index (χ0n) is 14.7. The highest BCUT2D eigenvalue weighted by molar-refractivity contribution is 5.81. The molecular formula is C18H26N4O2. The number of amides is 2. The second-order valence-corrected chi connectivity index (χ2v) is 5.90. The number of hydrogen-bond donors (Lipinski definition) is 1. The second kappa shape index (κ2) is 8.47. The van der Waals surface area contributed by atoms with Gasteiger partial charge in [-0.2, -0.15) is 0 Å². The van der Waals surface area contributed by atoms with Crippen molar-refractivity contribution >= 4 is 22.8 Å². The first-order chi connectivity index (χ1) is 11.6. The lowest BCUT2D eigenvalue weighted by molar-refractivity contribution is -0.130. The largest absolute Gasteiger partial charge is 0.349 e. The second-order valence-electron chi connectivity index (χ2n) is 5.90. The fourth-order valence-electron chi connectivity index (χ4n) is 2.52. The zero-order valence-corrected chi connectivity index (χ0v) is 14.7. The predicted octanol–water partition coefficient (Wildman–Crippen LogP) is 2.32. The molecule has 0 aliphatic rings. The van der Waals surface area contributed by atoms with Crippen LogP contribution in [0.3, 0.4) is 0 Å². The third-order valence-electron chi connectivity index (χ3n) is 4.06. The van der Waals surface area contributed by atoms with Gasteiger partial charge in [-0.15, -0.1) is 0 Å². The molecule has 1 N–H and O–H groups in total. The van der Waals surface area contributed by atoms with E-state index in [-0.39, 0.29) is 18.4 Å². The number of aromatic nitrogens is 2. The number of nitrogens with zero attached hydrogens (tertiary/aromatic N) is 3. The van der Waals surface area contributed by atoms with E-state index in [4.69, 9.17) is 0 Å². The highest BCUT2D eigenvalue weighted by Gasteiger charge is 2.16. The van der Waals surface area contributed by atoms with Crippen LogP contribution in [-0.2, 0) is 22.7 Å². The summed E-state index contributed by atoms with van der Waals surface area (Å²) in [5, 5.41) is 2.84. The molecule has 0 aliphatic heterocycles. The molecule has 130 valence electrons. The number of unbranched alkanes of at least 4 members (excludes halogenated alkanes) is 1.